The van der Waals surface area contributed by atoms with Crippen LogP contribution in [0.15, 0.2) is 47.0 Å². The van der Waals surface area contributed by atoms with Gasteiger partial charge in [-0.05, 0) is 41.3 Å². The number of benzene rings is 2. The van der Waals surface area contributed by atoms with Crippen molar-refractivity contribution in [1.82, 2.24) is 19.9 Å². The lowest BCUT2D eigenvalue weighted by atomic mass is 10.0. The summed E-state index contributed by atoms with van der Waals surface area (Å²) in [5, 5.41) is 0. The van der Waals surface area contributed by atoms with Gasteiger partial charge in [-0.3, -0.25) is 9.78 Å². The Morgan fingerprint density at radius 1 is 0.970 bits per heavy atom. The largest absolute Gasteiger partial charge is 0.424 e. The Labute approximate surface area is 191 Å². The first kappa shape index (κ1) is 21.1. The molecule has 9 nitrogen and oxygen atoms in total. The highest BCUT2D eigenvalue weighted by atomic mass is 16.4. The Hall–Kier alpha value is -3.72. The van der Waals surface area contributed by atoms with Crippen molar-refractivity contribution in [1.29, 1.82) is 0 Å². The molecular formula is C24H27N7O2. The molecule has 1 saturated heterocycles. The van der Waals surface area contributed by atoms with Gasteiger partial charge in [0.2, 0.25) is 5.91 Å². The fourth-order valence-corrected chi connectivity index (χ4v) is 4.11. The predicted octanol–water partition coefficient (Wildman–Crippen LogP) is 2.65. The molecule has 0 saturated carbocycles. The standard InChI is InChI=1S/C24H27N7O2/c1-14(2)22(25)23(32)31-9-7-30(8-10-31)21-13-27-17-5-3-15(11-18(17)28-21)16-4-6-20-19(12-16)29-24(26)33-20/h3-6,11-14,22H,7-10,25H2,1-2H3,(H2,26,29). The molecule has 9 heteroatoms. The molecule has 1 amide bonds. The Balaban J connectivity index is 1.36. The van der Waals surface area contributed by atoms with Gasteiger partial charge in [0.05, 0.1) is 23.3 Å². The second-order valence-corrected chi connectivity index (χ2v) is 8.75. The van der Waals surface area contributed by atoms with Crippen LogP contribution in [0.1, 0.15) is 13.8 Å². The minimum Gasteiger partial charge on any atom is -0.424 e. The van der Waals surface area contributed by atoms with Crippen LogP contribution in [0.5, 0.6) is 0 Å². The SMILES string of the molecule is CC(C)C(N)C(=O)N1CCN(c2cnc3ccc(-c4ccc5oc(N)nc5c4)cc3n2)CC1. The molecule has 1 fully saturated rings. The summed E-state index contributed by atoms with van der Waals surface area (Å²) in [5.74, 6) is 0.947. The van der Waals surface area contributed by atoms with E-state index in [0.717, 1.165) is 33.5 Å². The zero-order valence-electron chi connectivity index (χ0n) is 18.7. The lowest BCUT2D eigenvalue weighted by Gasteiger charge is -2.36. The summed E-state index contributed by atoms with van der Waals surface area (Å²) in [5.41, 5.74) is 16.7. The van der Waals surface area contributed by atoms with E-state index in [0.29, 0.717) is 31.8 Å². The number of nitrogen functional groups attached to an aromatic ring is 1. The molecule has 5 rings (SSSR count). The quantitative estimate of drug-likeness (QED) is 0.491. The number of anilines is 2. The number of amides is 1. The van der Waals surface area contributed by atoms with Crippen LogP contribution in [0.4, 0.5) is 11.8 Å². The number of carbonyl (C=O) groups excluding carboxylic acids is 1. The smallest absolute Gasteiger partial charge is 0.292 e. The molecule has 2 aromatic carbocycles. The number of nitrogens with two attached hydrogens (primary N) is 2. The zero-order chi connectivity index (χ0) is 23.1. The number of aromatic nitrogens is 3. The average molecular weight is 446 g/mol. The van der Waals surface area contributed by atoms with E-state index in [1.165, 1.54) is 0 Å². The van der Waals surface area contributed by atoms with E-state index in [4.69, 9.17) is 20.9 Å². The molecule has 3 heterocycles. The van der Waals surface area contributed by atoms with E-state index in [1.807, 2.05) is 55.1 Å². The van der Waals surface area contributed by atoms with Crippen LogP contribution in [0, 0.1) is 5.92 Å². The van der Waals surface area contributed by atoms with Crippen molar-refractivity contribution in [2.24, 2.45) is 11.7 Å². The normalized spacial score (nSPS) is 15.5. The van der Waals surface area contributed by atoms with Gasteiger partial charge in [0.15, 0.2) is 5.58 Å². The van der Waals surface area contributed by atoms with Crippen molar-refractivity contribution < 1.29 is 9.21 Å². The van der Waals surface area contributed by atoms with Crippen LogP contribution in [0.2, 0.25) is 0 Å². The third kappa shape index (κ3) is 4.07. The van der Waals surface area contributed by atoms with Crippen molar-refractivity contribution in [2.75, 3.05) is 36.8 Å². The summed E-state index contributed by atoms with van der Waals surface area (Å²) < 4.78 is 5.37. The predicted molar refractivity (Wildman–Crippen MR) is 129 cm³/mol. The van der Waals surface area contributed by atoms with E-state index in [-0.39, 0.29) is 17.8 Å². The number of hydrogen-bond donors (Lipinski definition) is 2. The molecule has 4 aromatic rings. The maximum absolute atomic E-state index is 12.6. The summed E-state index contributed by atoms with van der Waals surface area (Å²) in [6.07, 6.45) is 1.80. The maximum atomic E-state index is 12.6. The van der Waals surface area contributed by atoms with Gasteiger partial charge in [0.25, 0.3) is 6.01 Å². The van der Waals surface area contributed by atoms with Crippen LogP contribution < -0.4 is 16.4 Å². The molecule has 1 unspecified atom stereocenters. The second kappa shape index (κ2) is 8.32. The molecule has 0 radical (unpaired) electrons. The fraction of sp³-hybridized carbons (Fsp3) is 0.333. The van der Waals surface area contributed by atoms with Crippen molar-refractivity contribution >= 4 is 39.9 Å². The first-order valence-electron chi connectivity index (χ1n) is 11.1. The third-order valence-electron chi connectivity index (χ3n) is 6.19. The molecule has 1 atom stereocenters. The summed E-state index contributed by atoms with van der Waals surface area (Å²) in [7, 11) is 0. The zero-order valence-corrected chi connectivity index (χ0v) is 18.7. The van der Waals surface area contributed by atoms with E-state index < -0.39 is 6.04 Å². The number of rotatable bonds is 4. The summed E-state index contributed by atoms with van der Waals surface area (Å²) in [4.78, 5) is 30.2. The highest BCUT2D eigenvalue weighted by molar-refractivity contribution is 5.86. The summed E-state index contributed by atoms with van der Waals surface area (Å²) >= 11 is 0. The average Bonchev–Trinajstić information content (AvgIpc) is 3.21. The van der Waals surface area contributed by atoms with Crippen molar-refractivity contribution in [2.45, 2.75) is 19.9 Å². The molecule has 2 aromatic heterocycles. The van der Waals surface area contributed by atoms with Gasteiger partial charge in [-0.25, -0.2) is 4.98 Å². The topological polar surface area (TPSA) is 127 Å². The molecule has 0 aliphatic carbocycles. The lowest BCUT2D eigenvalue weighted by Crippen LogP contribution is -2.54. The van der Waals surface area contributed by atoms with Crippen LogP contribution in [0.25, 0.3) is 33.3 Å². The lowest BCUT2D eigenvalue weighted by molar-refractivity contribution is -0.133. The Bertz CT molecular complexity index is 1330. The van der Waals surface area contributed by atoms with Crippen LogP contribution in [0.3, 0.4) is 0 Å². The van der Waals surface area contributed by atoms with Gasteiger partial charge in [0, 0.05) is 26.2 Å². The van der Waals surface area contributed by atoms with E-state index in [1.54, 1.807) is 6.20 Å². The third-order valence-corrected chi connectivity index (χ3v) is 6.19. The monoisotopic (exact) mass is 445 g/mol. The van der Waals surface area contributed by atoms with Crippen LogP contribution >= 0.6 is 0 Å². The Kier molecular flexibility index (Phi) is 5.33. The number of fused-ring (bicyclic) bond motifs is 2. The molecule has 0 bridgehead atoms. The highest BCUT2D eigenvalue weighted by Gasteiger charge is 2.27. The van der Waals surface area contributed by atoms with Crippen molar-refractivity contribution in [3.8, 4) is 11.1 Å². The summed E-state index contributed by atoms with van der Waals surface area (Å²) in [6.45, 7) is 6.58. The van der Waals surface area contributed by atoms with Gasteiger partial charge >= 0.3 is 0 Å². The molecule has 33 heavy (non-hydrogen) atoms. The van der Waals surface area contributed by atoms with E-state index in [2.05, 4.69) is 14.9 Å². The van der Waals surface area contributed by atoms with Gasteiger partial charge in [-0.15, -0.1) is 0 Å². The minimum atomic E-state index is -0.455. The molecule has 0 spiro atoms. The number of nitrogens with zero attached hydrogens (tertiary/aromatic N) is 5. The van der Waals surface area contributed by atoms with Gasteiger partial charge in [-0.2, -0.15) is 4.98 Å². The Morgan fingerprint density at radius 3 is 2.39 bits per heavy atom. The minimum absolute atomic E-state index is 0.0183. The molecule has 1 aliphatic rings. The molecule has 4 N–H and O–H groups in total. The number of hydrogen-bond acceptors (Lipinski definition) is 8. The van der Waals surface area contributed by atoms with Crippen LogP contribution in [-0.4, -0.2) is 58.0 Å². The second-order valence-electron chi connectivity index (χ2n) is 8.75. The first-order valence-corrected chi connectivity index (χ1v) is 11.1. The number of carbonyl (C=O) groups is 1. The summed E-state index contributed by atoms with van der Waals surface area (Å²) in [6, 6.07) is 11.5. The first-order chi connectivity index (χ1) is 15.9. The van der Waals surface area contributed by atoms with E-state index >= 15 is 0 Å². The molecular weight excluding hydrogens is 418 g/mol. The number of oxazole rings is 1. The number of piperazine rings is 1. The fourth-order valence-electron chi connectivity index (χ4n) is 4.11. The van der Waals surface area contributed by atoms with Gasteiger partial charge in [-0.1, -0.05) is 26.0 Å². The van der Waals surface area contributed by atoms with Crippen molar-refractivity contribution in [3.63, 3.8) is 0 Å². The molecule has 1 aliphatic heterocycles. The van der Waals surface area contributed by atoms with Gasteiger partial charge < -0.3 is 25.7 Å². The van der Waals surface area contributed by atoms with Gasteiger partial charge in [0.1, 0.15) is 11.3 Å². The van der Waals surface area contributed by atoms with Crippen molar-refractivity contribution in [3.05, 3.63) is 42.6 Å². The maximum Gasteiger partial charge on any atom is 0.292 e. The van der Waals surface area contributed by atoms with E-state index in [9.17, 15) is 4.79 Å². The Morgan fingerprint density at radius 2 is 1.67 bits per heavy atom. The highest BCUT2D eigenvalue weighted by Crippen LogP contribution is 2.28. The van der Waals surface area contributed by atoms with Crippen LogP contribution in [-0.2, 0) is 4.79 Å². The molecule has 170 valence electrons.